The Labute approximate surface area is 257 Å². The summed E-state index contributed by atoms with van der Waals surface area (Å²) in [4.78, 5) is 17.9. The molecule has 3 aromatic carbocycles. The van der Waals surface area contributed by atoms with Crippen molar-refractivity contribution in [1.29, 1.82) is 0 Å². The Bertz CT molecular complexity index is 1920. The van der Waals surface area contributed by atoms with Crippen molar-refractivity contribution in [3.8, 4) is 39.3 Å². The minimum atomic E-state index is -1.30. The standard InChI is InChI=1S/C37H37FN2O4/c1-21-11-7-8-14-26(21)24-12-9-13-25(17-24)30-20-40-19-22(2)31(34(36(41)42)44-37(4,5)6)32(35(40)39-30)28-18-29(38)33-27(23(28)3)15-10-16-43-33/h7-9,11-14,17-20,34H,10,15-16H2,1-6H3,(H,41,42)/t34-/m1/s1. The Kier molecular flexibility index (Phi) is 7.54. The molecular formula is C37H37FN2O4. The Balaban J connectivity index is 1.63. The number of pyridine rings is 1. The van der Waals surface area contributed by atoms with Gasteiger partial charge in [-0.25, -0.2) is 14.2 Å². The van der Waals surface area contributed by atoms with Gasteiger partial charge in [0.2, 0.25) is 0 Å². The highest BCUT2D eigenvalue weighted by atomic mass is 19.1. The Hall–Kier alpha value is -4.49. The summed E-state index contributed by atoms with van der Waals surface area (Å²) in [5.74, 6) is -1.31. The number of halogens is 1. The number of rotatable bonds is 6. The van der Waals surface area contributed by atoms with Gasteiger partial charge in [-0.2, -0.15) is 0 Å². The van der Waals surface area contributed by atoms with Gasteiger partial charge in [-0.1, -0.05) is 42.5 Å². The summed E-state index contributed by atoms with van der Waals surface area (Å²) in [7, 11) is 0. The van der Waals surface area contributed by atoms with Crippen LogP contribution in [0.2, 0.25) is 0 Å². The van der Waals surface area contributed by atoms with Crippen LogP contribution in [-0.4, -0.2) is 32.7 Å². The first kappa shape index (κ1) is 29.6. The molecule has 0 radical (unpaired) electrons. The second kappa shape index (κ2) is 11.2. The van der Waals surface area contributed by atoms with Gasteiger partial charge in [-0.05, 0) is 99.9 Å². The van der Waals surface area contributed by atoms with Crippen molar-refractivity contribution in [1.82, 2.24) is 9.38 Å². The molecule has 5 aromatic rings. The number of hydrogen-bond acceptors (Lipinski definition) is 4. The number of nitrogens with zero attached hydrogens (tertiary/aromatic N) is 2. The van der Waals surface area contributed by atoms with Crippen LogP contribution in [0, 0.1) is 26.6 Å². The summed E-state index contributed by atoms with van der Waals surface area (Å²) in [5.41, 5.74) is 8.77. The zero-order valence-corrected chi connectivity index (χ0v) is 26.0. The highest BCUT2D eigenvalue weighted by molar-refractivity contribution is 5.90. The van der Waals surface area contributed by atoms with E-state index in [0.29, 0.717) is 40.9 Å². The normalized spacial score (nSPS) is 13.9. The molecule has 0 aliphatic carbocycles. The molecule has 0 unspecified atom stereocenters. The number of aliphatic carboxylic acids is 1. The summed E-state index contributed by atoms with van der Waals surface area (Å²) >= 11 is 0. The lowest BCUT2D eigenvalue weighted by Crippen LogP contribution is -2.28. The van der Waals surface area contributed by atoms with E-state index in [-0.39, 0.29) is 5.75 Å². The third-order valence-corrected chi connectivity index (χ3v) is 8.26. The summed E-state index contributed by atoms with van der Waals surface area (Å²) in [6.07, 6.45) is 3.98. The van der Waals surface area contributed by atoms with Crippen LogP contribution < -0.4 is 4.74 Å². The molecule has 3 heterocycles. The molecule has 6 nitrogen and oxygen atoms in total. The maximum atomic E-state index is 15.7. The number of carboxylic acids is 1. The highest BCUT2D eigenvalue weighted by Gasteiger charge is 2.34. The van der Waals surface area contributed by atoms with Gasteiger partial charge in [0.15, 0.2) is 17.7 Å². The second-order valence-corrected chi connectivity index (χ2v) is 12.6. The van der Waals surface area contributed by atoms with Crippen molar-refractivity contribution in [3.05, 3.63) is 101 Å². The van der Waals surface area contributed by atoms with Crippen LogP contribution in [-0.2, 0) is 16.0 Å². The van der Waals surface area contributed by atoms with E-state index in [1.165, 1.54) is 11.6 Å². The lowest BCUT2D eigenvalue weighted by molar-refractivity contribution is -0.160. The molecule has 2 aromatic heterocycles. The average molecular weight is 593 g/mol. The van der Waals surface area contributed by atoms with Crippen LogP contribution in [0.5, 0.6) is 5.75 Å². The van der Waals surface area contributed by atoms with Crippen molar-refractivity contribution in [3.63, 3.8) is 0 Å². The molecule has 226 valence electrons. The molecule has 0 bridgehead atoms. The van der Waals surface area contributed by atoms with E-state index in [9.17, 15) is 9.90 Å². The Morgan fingerprint density at radius 2 is 1.75 bits per heavy atom. The summed E-state index contributed by atoms with van der Waals surface area (Å²) < 4.78 is 29.5. The number of fused-ring (bicyclic) bond motifs is 2. The number of benzene rings is 3. The molecule has 0 amide bonds. The highest BCUT2D eigenvalue weighted by Crippen LogP contribution is 2.44. The van der Waals surface area contributed by atoms with Crippen LogP contribution in [0.4, 0.5) is 4.39 Å². The predicted molar refractivity (Wildman–Crippen MR) is 171 cm³/mol. The third-order valence-electron chi connectivity index (χ3n) is 8.26. The van der Waals surface area contributed by atoms with Gasteiger partial charge < -0.3 is 19.0 Å². The van der Waals surface area contributed by atoms with Crippen molar-refractivity contribution in [2.75, 3.05) is 6.61 Å². The fourth-order valence-corrected chi connectivity index (χ4v) is 6.26. The van der Waals surface area contributed by atoms with Crippen molar-refractivity contribution in [2.45, 2.75) is 66.1 Å². The molecule has 7 heteroatoms. The van der Waals surface area contributed by atoms with Crippen molar-refractivity contribution in [2.24, 2.45) is 0 Å². The summed E-state index contributed by atoms with van der Waals surface area (Å²) in [6, 6.07) is 17.9. The molecule has 0 fully saturated rings. The first-order valence-electron chi connectivity index (χ1n) is 15.0. The SMILES string of the molecule is Cc1ccccc1-c1cccc(-c2cn3cc(C)c([C@@H](OC(C)(C)C)C(=O)O)c(-c4cc(F)c5c(c4C)CCCO5)c3n2)c1. The first-order chi connectivity index (χ1) is 20.9. The van der Waals surface area contributed by atoms with Gasteiger partial charge in [0, 0.05) is 34.6 Å². The van der Waals surface area contributed by atoms with Gasteiger partial charge in [0.1, 0.15) is 5.65 Å². The molecule has 44 heavy (non-hydrogen) atoms. The monoisotopic (exact) mass is 592 g/mol. The van der Waals surface area contributed by atoms with Crippen molar-refractivity contribution < 1.29 is 23.8 Å². The fourth-order valence-electron chi connectivity index (χ4n) is 6.26. The smallest absolute Gasteiger partial charge is 0.337 e. The van der Waals surface area contributed by atoms with E-state index in [1.54, 1.807) is 0 Å². The molecule has 1 atom stereocenters. The number of carbonyl (C=O) groups is 1. The zero-order valence-electron chi connectivity index (χ0n) is 26.0. The zero-order chi connectivity index (χ0) is 31.3. The molecule has 0 saturated heterocycles. The Morgan fingerprint density at radius 3 is 2.48 bits per heavy atom. The minimum Gasteiger partial charge on any atom is -0.490 e. The molecule has 0 spiro atoms. The van der Waals surface area contributed by atoms with Crippen LogP contribution in [0.1, 0.15) is 61.1 Å². The van der Waals surface area contributed by atoms with E-state index in [2.05, 4.69) is 31.2 Å². The van der Waals surface area contributed by atoms with Gasteiger partial charge in [-0.15, -0.1) is 0 Å². The predicted octanol–water partition coefficient (Wildman–Crippen LogP) is 8.67. The fraction of sp³-hybridized carbons (Fsp3) is 0.297. The van der Waals surface area contributed by atoms with Crippen LogP contribution in [0.3, 0.4) is 0 Å². The number of imidazole rings is 1. The third kappa shape index (κ3) is 5.37. The van der Waals surface area contributed by atoms with Gasteiger partial charge in [0.05, 0.1) is 17.9 Å². The van der Waals surface area contributed by atoms with E-state index < -0.39 is 23.5 Å². The minimum absolute atomic E-state index is 0.278. The molecule has 6 rings (SSSR count). The maximum absolute atomic E-state index is 15.7. The lowest BCUT2D eigenvalue weighted by Gasteiger charge is -2.29. The molecule has 1 aliphatic heterocycles. The number of carboxylic acid groups (broad SMARTS) is 1. The van der Waals surface area contributed by atoms with Crippen LogP contribution >= 0.6 is 0 Å². The van der Waals surface area contributed by atoms with E-state index in [1.807, 2.05) is 75.7 Å². The summed E-state index contributed by atoms with van der Waals surface area (Å²) in [6.45, 7) is 11.8. The molecule has 1 N–H and O–H groups in total. The number of hydrogen-bond donors (Lipinski definition) is 1. The average Bonchev–Trinajstić information content (AvgIpc) is 3.41. The first-order valence-corrected chi connectivity index (χ1v) is 15.0. The quantitative estimate of drug-likeness (QED) is 0.214. The summed E-state index contributed by atoms with van der Waals surface area (Å²) in [5, 5.41) is 10.5. The number of aromatic nitrogens is 2. The van der Waals surface area contributed by atoms with Crippen molar-refractivity contribution >= 4 is 11.6 Å². The lowest BCUT2D eigenvalue weighted by atomic mass is 9.87. The molecule has 1 aliphatic rings. The molecular weight excluding hydrogens is 555 g/mol. The second-order valence-electron chi connectivity index (χ2n) is 12.6. The van der Waals surface area contributed by atoms with Gasteiger partial charge >= 0.3 is 5.97 Å². The van der Waals surface area contributed by atoms with E-state index >= 15 is 4.39 Å². The Morgan fingerprint density at radius 1 is 1.00 bits per heavy atom. The molecule has 0 saturated carbocycles. The van der Waals surface area contributed by atoms with Gasteiger partial charge in [0.25, 0.3) is 0 Å². The maximum Gasteiger partial charge on any atom is 0.337 e. The largest absolute Gasteiger partial charge is 0.490 e. The van der Waals surface area contributed by atoms with Crippen LogP contribution in [0.25, 0.3) is 39.2 Å². The van der Waals surface area contributed by atoms with Crippen LogP contribution in [0.15, 0.2) is 67.0 Å². The number of aryl methyl sites for hydroxylation is 2. The number of ether oxygens (including phenoxy) is 2. The van der Waals surface area contributed by atoms with E-state index in [4.69, 9.17) is 14.5 Å². The van der Waals surface area contributed by atoms with Gasteiger partial charge in [-0.3, -0.25) is 0 Å². The topological polar surface area (TPSA) is 73.1 Å². The van der Waals surface area contributed by atoms with E-state index in [0.717, 1.165) is 39.9 Å².